The van der Waals surface area contributed by atoms with E-state index < -0.39 is 5.97 Å². The van der Waals surface area contributed by atoms with Gasteiger partial charge < -0.3 is 9.47 Å². The number of benzene rings is 2. The first-order valence-electron chi connectivity index (χ1n) is 10.4. The van der Waals surface area contributed by atoms with Gasteiger partial charge in [0, 0.05) is 18.5 Å². The van der Waals surface area contributed by atoms with Gasteiger partial charge in [-0.2, -0.15) is 0 Å². The van der Waals surface area contributed by atoms with Crippen LogP contribution in [0.25, 0.3) is 10.9 Å². The van der Waals surface area contributed by atoms with Crippen LogP contribution >= 0.6 is 0 Å². The summed E-state index contributed by atoms with van der Waals surface area (Å²) in [5, 5.41) is 0.538. The first-order valence-corrected chi connectivity index (χ1v) is 10.4. The molecular formula is C24H26N2O4. The molecule has 1 aliphatic rings. The van der Waals surface area contributed by atoms with E-state index >= 15 is 0 Å². The van der Waals surface area contributed by atoms with Crippen molar-refractivity contribution in [3.05, 3.63) is 69.3 Å². The molecule has 0 N–H and O–H groups in total. The van der Waals surface area contributed by atoms with E-state index in [9.17, 15) is 9.59 Å². The number of hydrogen-bond donors (Lipinski definition) is 0. The number of nitrogens with zero attached hydrogens (tertiary/aromatic N) is 2. The maximum Gasteiger partial charge on any atom is 0.338 e. The van der Waals surface area contributed by atoms with Crippen LogP contribution in [0.1, 0.15) is 53.0 Å². The van der Waals surface area contributed by atoms with Gasteiger partial charge in [-0.25, -0.2) is 9.78 Å². The monoisotopic (exact) mass is 406 g/mol. The van der Waals surface area contributed by atoms with Gasteiger partial charge in [0.05, 0.1) is 23.6 Å². The van der Waals surface area contributed by atoms with Crippen molar-refractivity contribution in [2.24, 2.45) is 0 Å². The van der Waals surface area contributed by atoms with Gasteiger partial charge in [0.2, 0.25) is 0 Å². The van der Waals surface area contributed by atoms with Gasteiger partial charge >= 0.3 is 5.97 Å². The Bertz CT molecular complexity index is 1150. The molecule has 0 amide bonds. The molecule has 30 heavy (non-hydrogen) atoms. The van der Waals surface area contributed by atoms with Gasteiger partial charge in [-0.1, -0.05) is 24.5 Å². The Kier molecular flexibility index (Phi) is 5.84. The molecule has 0 saturated carbocycles. The standard InChI is InChI=1S/C24H26N2O4/c1-16-8-11-21(29-2)18(13-16)15-30-24(28)17-9-10-19-20(14-17)25-22-7-5-3-4-6-12-26(22)23(19)27/h8-11,13-14H,3-7,12,15H2,1-2H3. The molecule has 0 fully saturated rings. The lowest BCUT2D eigenvalue weighted by atomic mass is 10.1. The minimum absolute atomic E-state index is 0.0266. The lowest BCUT2D eigenvalue weighted by Crippen LogP contribution is -2.26. The van der Waals surface area contributed by atoms with Crippen molar-refractivity contribution >= 4 is 16.9 Å². The van der Waals surface area contributed by atoms with Gasteiger partial charge in [0.1, 0.15) is 18.2 Å². The average Bonchev–Trinajstić information content (AvgIpc) is 2.73. The number of methoxy groups -OCH3 is 1. The first-order chi connectivity index (χ1) is 14.6. The summed E-state index contributed by atoms with van der Waals surface area (Å²) in [6, 6.07) is 10.7. The average molecular weight is 406 g/mol. The fraction of sp³-hybridized carbons (Fsp3) is 0.375. The molecule has 2 heterocycles. The number of carbonyl (C=O) groups is 1. The Morgan fingerprint density at radius 3 is 2.77 bits per heavy atom. The Hall–Kier alpha value is -3.15. The summed E-state index contributed by atoms with van der Waals surface area (Å²) in [5.74, 6) is 1.04. The van der Waals surface area contributed by atoms with Crippen LogP contribution in [0.5, 0.6) is 5.75 Å². The molecule has 0 aliphatic carbocycles. The Labute approximate surface area is 175 Å². The third-order valence-corrected chi connectivity index (χ3v) is 5.60. The van der Waals surface area contributed by atoms with Gasteiger partial charge in [0.15, 0.2) is 0 Å². The highest BCUT2D eigenvalue weighted by molar-refractivity contribution is 5.94. The highest BCUT2D eigenvalue weighted by Gasteiger charge is 2.16. The molecule has 0 bridgehead atoms. The summed E-state index contributed by atoms with van der Waals surface area (Å²) >= 11 is 0. The van der Waals surface area contributed by atoms with Crippen LogP contribution < -0.4 is 10.3 Å². The van der Waals surface area contributed by atoms with E-state index in [1.165, 1.54) is 0 Å². The van der Waals surface area contributed by atoms with Gasteiger partial charge in [-0.15, -0.1) is 0 Å². The number of rotatable bonds is 4. The summed E-state index contributed by atoms with van der Waals surface area (Å²) < 4.78 is 12.6. The smallest absolute Gasteiger partial charge is 0.338 e. The fourth-order valence-corrected chi connectivity index (χ4v) is 3.97. The molecule has 0 atom stereocenters. The normalized spacial score (nSPS) is 13.9. The van der Waals surface area contributed by atoms with Crippen LogP contribution in [0.15, 0.2) is 41.2 Å². The molecular weight excluding hydrogens is 380 g/mol. The van der Waals surface area contributed by atoms with Crippen molar-refractivity contribution in [3.63, 3.8) is 0 Å². The van der Waals surface area contributed by atoms with Crippen molar-refractivity contribution in [1.82, 2.24) is 9.55 Å². The number of esters is 1. The van der Waals surface area contributed by atoms with Crippen molar-refractivity contribution in [2.45, 2.75) is 52.2 Å². The highest BCUT2D eigenvalue weighted by atomic mass is 16.5. The van der Waals surface area contributed by atoms with Crippen LogP contribution in [-0.2, 0) is 24.3 Å². The van der Waals surface area contributed by atoms with Gasteiger partial charge in [-0.3, -0.25) is 9.36 Å². The number of carbonyl (C=O) groups excluding carboxylic acids is 1. The summed E-state index contributed by atoms with van der Waals surface area (Å²) in [6.45, 7) is 2.80. The van der Waals surface area contributed by atoms with Gasteiger partial charge in [-0.05, 0) is 50.1 Å². The molecule has 6 nitrogen and oxygen atoms in total. The first kappa shape index (κ1) is 20.1. The second-order valence-corrected chi connectivity index (χ2v) is 7.77. The molecule has 0 radical (unpaired) electrons. The summed E-state index contributed by atoms with van der Waals surface area (Å²) in [6.07, 6.45) is 5.10. The van der Waals surface area contributed by atoms with E-state index in [0.29, 0.717) is 28.8 Å². The van der Waals surface area contributed by atoms with Crippen molar-refractivity contribution in [1.29, 1.82) is 0 Å². The SMILES string of the molecule is COc1ccc(C)cc1COC(=O)c1ccc2c(=O)n3c(nc2c1)CCCCCC3. The van der Waals surface area contributed by atoms with Gasteiger partial charge in [0.25, 0.3) is 5.56 Å². The molecule has 1 aliphatic heterocycles. The van der Waals surface area contributed by atoms with E-state index in [0.717, 1.165) is 49.1 Å². The quantitative estimate of drug-likeness (QED) is 0.608. The maximum atomic E-state index is 12.9. The predicted octanol–water partition coefficient (Wildman–Crippen LogP) is 4.19. The topological polar surface area (TPSA) is 70.4 Å². The predicted molar refractivity (Wildman–Crippen MR) is 115 cm³/mol. The molecule has 4 rings (SSSR count). The third kappa shape index (κ3) is 4.08. The molecule has 0 saturated heterocycles. The number of aromatic nitrogens is 2. The molecule has 3 aromatic rings. The van der Waals surface area contributed by atoms with Crippen LogP contribution in [0.2, 0.25) is 0 Å². The van der Waals surface area contributed by atoms with E-state index in [2.05, 4.69) is 0 Å². The second kappa shape index (κ2) is 8.69. The molecule has 0 spiro atoms. The number of ether oxygens (including phenoxy) is 2. The zero-order valence-corrected chi connectivity index (χ0v) is 17.4. The van der Waals surface area contributed by atoms with E-state index in [-0.39, 0.29) is 12.2 Å². The molecule has 2 aromatic carbocycles. The minimum atomic E-state index is -0.450. The highest BCUT2D eigenvalue weighted by Crippen LogP contribution is 2.22. The molecule has 0 unspecified atom stereocenters. The van der Waals surface area contributed by atoms with Crippen molar-refractivity contribution in [3.8, 4) is 5.75 Å². The zero-order chi connectivity index (χ0) is 21.1. The molecule has 156 valence electrons. The Morgan fingerprint density at radius 1 is 1.10 bits per heavy atom. The maximum absolute atomic E-state index is 12.9. The van der Waals surface area contributed by atoms with Crippen LogP contribution in [0.4, 0.5) is 0 Å². The number of fused-ring (bicyclic) bond motifs is 2. The van der Waals surface area contributed by atoms with E-state index in [1.807, 2.05) is 25.1 Å². The molecule has 6 heteroatoms. The van der Waals surface area contributed by atoms with Crippen LogP contribution in [-0.4, -0.2) is 22.6 Å². The third-order valence-electron chi connectivity index (χ3n) is 5.60. The Morgan fingerprint density at radius 2 is 1.93 bits per heavy atom. The summed E-state index contributed by atoms with van der Waals surface area (Å²) in [7, 11) is 1.59. The second-order valence-electron chi connectivity index (χ2n) is 7.77. The number of aryl methyl sites for hydroxylation is 2. The summed E-state index contributed by atoms with van der Waals surface area (Å²) in [4.78, 5) is 30.3. The Balaban J connectivity index is 1.60. The van der Waals surface area contributed by atoms with Crippen LogP contribution in [0, 0.1) is 6.92 Å². The minimum Gasteiger partial charge on any atom is -0.496 e. The van der Waals surface area contributed by atoms with E-state index in [4.69, 9.17) is 14.5 Å². The van der Waals surface area contributed by atoms with Crippen molar-refractivity contribution in [2.75, 3.05) is 7.11 Å². The molecule has 1 aromatic heterocycles. The summed E-state index contributed by atoms with van der Waals surface area (Å²) in [5.41, 5.74) is 2.78. The van der Waals surface area contributed by atoms with E-state index in [1.54, 1.807) is 29.9 Å². The fourth-order valence-electron chi connectivity index (χ4n) is 3.97. The van der Waals surface area contributed by atoms with Crippen molar-refractivity contribution < 1.29 is 14.3 Å². The lowest BCUT2D eigenvalue weighted by molar-refractivity contribution is 0.0470. The largest absolute Gasteiger partial charge is 0.496 e. The number of hydrogen-bond acceptors (Lipinski definition) is 5. The van der Waals surface area contributed by atoms with Crippen LogP contribution in [0.3, 0.4) is 0 Å². The zero-order valence-electron chi connectivity index (χ0n) is 17.4. The lowest BCUT2D eigenvalue weighted by Gasteiger charge is -2.16.